The summed E-state index contributed by atoms with van der Waals surface area (Å²) < 4.78 is 54.0. The average molecular weight is 452 g/mol. The van der Waals surface area contributed by atoms with Crippen LogP contribution in [0.25, 0.3) is 0 Å². The molecule has 0 aliphatic heterocycles. The molecule has 2 aromatic rings. The largest absolute Gasteiger partial charge is 0.322 e. The predicted molar refractivity (Wildman–Crippen MR) is 117 cm³/mol. The van der Waals surface area contributed by atoms with Crippen LogP contribution in [0.15, 0.2) is 47.4 Å². The van der Waals surface area contributed by atoms with Gasteiger partial charge in [0, 0.05) is 17.3 Å². The van der Waals surface area contributed by atoms with Gasteiger partial charge in [-0.15, -0.1) is 0 Å². The highest BCUT2D eigenvalue weighted by molar-refractivity contribution is 7.92. The molecule has 1 aliphatic rings. The predicted octanol–water partition coefficient (Wildman–Crippen LogP) is 2.84. The summed E-state index contributed by atoms with van der Waals surface area (Å²) in [5.41, 5.74) is 1.56. The second-order valence-electron chi connectivity index (χ2n) is 7.28. The molecule has 0 saturated heterocycles. The third-order valence-corrected chi connectivity index (χ3v) is 7.62. The van der Waals surface area contributed by atoms with E-state index in [9.17, 15) is 21.6 Å². The van der Waals surface area contributed by atoms with Gasteiger partial charge in [0.1, 0.15) is 0 Å². The number of sulfonamides is 2. The number of hydrogen-bond acceptors (Lipinski definition) is 5. The summed E-state index contributed by atoms with van der Waals surface area (Å²) in [4.78, 5) is 12.7. The van der Waals surface area contributed by atoms with E-state index >= 15 is 0 Å². The van der Waals surface area contributed by atoms with Gasteiger partial charge in [-0.05, 0) is 62.1 Å². The molecule has 8 nitrogen and oxygen atoms in total. The highest BCUT2D eigenvalue weighted by Gasteiger charge is 2.28. The molecule has 3 N–H and O–H groups in total. The van der Waals surface area contributed by atoms with Gasteiger partial charge in [0.15, 0.2) is 0 Å². The molecule has 0 aromatic heterocycles. The van der Waals surface area contributed by atoms with E-state index < -0.39 is 26.0 Å². The van der Waals surface area contributed by atoms with E-state index in [-0.39, 0.29) is 22.3 Å². The Kier molecular flexibility index (Phi) is 6.49. The summed E-state index contributed by atoms with van der Waals surface area (Å²) >= 11 is 0. The van der Waals surface area contributed by atoms with E-state index in [0.29, 0.717) is 23.4 Å². The molecule has 0 unspecified atom stereocenters. The Morgan fingerprint density at radius 3 is 2.37 bits per heavy atom. The first-order chi connectivity index (χ1) is 14.1. The third-order valence-electron chi connectivity index (χ3n) is 4.63. The van der Waals surface area contributed by atoms with Gasteiger partial charge in [-0.3, -0.25) is 9.52 Å². The Morgan fingerprint density at radius 2 is 1.70 bits per heavy atom. The summed E-state index contributed by atoms with van der Waals surface area (Å²) in [6, 6.07) is 10.7. The minimum absolute atomic E-state index is 0.000808. The van der Waals surface area contributed by atoms with Crippen molar-refractivity contribution in [2.24, 2.45) is 0 Å². The second kappa shape index (κ2) is 8.75. The summed E-state index contributed by atoms with van der Waals surface area (Å²) in [5, 5.41) is 2.73. The van der Waals surface area contributed by atoms with Crippen molar-refractivity contribution in [1.29, 1.82) is 0 Å². The summed E-state index contributed by atoms with van der Waals surface area (Å²) in [6.07, 6.45) is 2.12. The number of amides is 1. The highest BCUT2D eigenvalue weighted by Crippen LogP contribution is 2.26. The van der Waals surface area contributed by atoms with Crippen LogP contribution in [0, 0.1) is 6.92 Å². The van der Waals surface area contributed by atoms with Crippen molar-refractivity contribution in [3.8, 4) is 0 Å². The molecule has 3 rings (SSSR count). The van der Waals surface area contributed by atoms with Crippen molar-refractivity contribution in [3.63, 3.8) is 0 Å². The molecule has 1 amide bonds. The maximum Gasteiger partial charge on any atom is 0.255 e. The fourth-order valence-corrected chi connectivity index (χ4v) is 5.40. The average Bonchev–Trinajstić information content (AvgIpc) is 3.48. The minimum Gasteiger partial charge on any atom is -0.322 e. The normalized spacial score (nSPS) is 14.3. The van der Waals surface area contributed by atoms with Crippen LogP contribution >= 0.6 is 0 Å². The van der Waals surface area contributed by atoms with E-state index in [1.165, 1.54) is 24.3 Å². The first-order valence-electron chi connectivity index (χ1n) is 9.65. The van der Waals surface area contributed by atoms with Gasteiger partial charge in [0.2, 0.25) is 20.0 Å². The molecule has 1 fully saturated rings. The molecule has 162 valence electrons. The topological polar surface area (TPSA) is 121 Å². The zero-order valence-corrected chi connectivity index (χ0v) is 18.4. The molecule has 10 heteroatoms. The van der Waals surface area contributed by atoms with Crippen LogP contribution in [0.2, 0.25) is 0 Å². The SMILES string of the molecule is CCCS(=O)(=O)Nc1cccc(NC(=O)c2cccc(S(=O)(=O)NC3CC3)c2)c1C. The first kappa shape index (κ1) is 22.3. The summed E-state index contributed by atoms with van der Waals surface area (Å²) in [5.74, 6) is -0.491. The number of carbonyl (C=O) groups excluding carboxylic acids is 1. The number of carbonyl (C=O) groups is 1. The molecule has 0 radical (unpaired) electrons. The first-order valence-corrected chi connectivity index (χ1v) is 12.8. The molecular weight excluding hydrogens is 426 g/mol. The number of rotatable bonds is 9. The van der Waals surface area contributed by atoms with Crippen molar-refractivity contribution in [1.82, 2.24) is 4.72 Å². The molecule has 0 spiro atoms. The van der Waals surface area contributed by atoms with Crippen LogP contribution in [0.4, 0.5) is 11.4 Å². The van der Waals surface area contributed by atoms with Crippen molar-refractivity contribution in [3.05, 3.63) is 53.6 Å². The van der Waals surface area contributed by atoms with Gasteiger partial charge in [0.25, 0.3) is 5.91 Å². The number of nitrogens with one attached hydrogen (secondary N) is 3. The van der Waals surface area contributed by atoms with Crippen LogP contribution in [-0.4, -0.2) is 34.5 Å². The van der Waals surface area contributed by atoms with Crippen LogP contribution in [0.1, 0.15) is 42.1 Å². The Bertz CT molecular complexity index is 1160. The molecular formula is C20H25N3O5S2. The molecule has 1 aliphatic carbocycles. The number of anilines is 2. The lowest BCUT2D eigenvalue weighted by atomic mass is 10.1. The molecule has 1 saturated carbocycles. The van der Waals surface area contributed by atoms with Gasteiger partial charge < -0.3 is 5.32 Å². The maximum absolute atomic E-state index is 12.7. The Labute approximate surface area is 177 Å². The number of benzene rings is 2. The standard InChI is InChI=1S/C20H25N3O5S2/c1-3-12-29(25,26)23-19-9-5-8-18(14(19)2)21-20(24)15-6-4-7-17(13-15)30(27,28)22-16-10-11-16/h4-9,13,16,22-23H,3,10-12H2,1-2H3,(H,21,24). The van der Waals surface area contributed by atoms with Crippen molar-refractivity contribution < 1.29 is 21.6 Å². The Morgan fingerprint density at radius 1 is 1.03 bits per heavy atom. The lowest BCUT2D eigenvalue weighted by Gasteiger charge is -2.14. The van der Waals surface area contributed by atoms with Crippen LogP contribution in [0.5, 0.6) is 0 Å². The van der Waals surface area contributed by atoms with Crippen LogP contribution in [0.3, 0.4) is 0 Å². The lowest BCUT2D eigenvalue weighted by Crippen LogP contribution is -2.26. The smallest absolute Gasteiger partial charge is 0.255 e. The zero-order valence-electron chi connectivity index (χ0n) is 16.8. The van der Waals surface area contributed by atoms with E-state index in [4.69, 9.17) is 0 Å². The van der Waals surface area contributed by atoms with E-state index in [2.05, 4.69) is 14.8 Å². The summed E-state index contributed by atoms with van der Waals surface area (Å²) in [6.45, 7) is 3.47. The van der Waals surface area contributed by atoms with Crippen molar-refractivity contribution in [2.45, 2.75) is 44.0 Å². The zero-order chi connectivity index (χ0) is 21.9. The van der Waals surface area contributed by atoms with Gasteiger partial charge in [-0.1, -0.05) is 19.1 Å². The lowest BCUT2D eigenvalue weighted by molar-refractivity contribution is 0.102. The van der Waals surface area contributed by atoms with Gasteiger partial charge in [0.05, 0.1) is 16.3 Å². The molecule has 2 aromatic carbocycles. The van der Waals surface area contributed by atoms with Crippen LogP contribution in [-0.2, 0) is 20.0 Å². The van der Waals surface area contributed by atoms with E-state index in [1.807, 2.05) is 0 Å². The third kappa shape index (κ3) is 5.59. The van der Waals surface area contributed by atoms with E-state index in [1.54, 1.807) is 32.0 Å². The van der Waals surface area contributed by atoms with Crippen molar-refractivity contribution >= 4 is 37.3 Å². The second-order valence-corrected chi connectivity index (χ2v) is 10.8. The Hall–Kier alpha value is -2.43. The Balaban J connectivity index is 1.79. The van der Waals surface area contributed by atoms with Crippen LogP contribution < -0.4 is 14.8 Å². The monoisotopic (exact) mass is 451 g/mol. The maximum atomic E-state index is 12.7. The quantitative estimate of drug-likeness (QED) is 0.541. The molecule has 30 heavy (non-hydrogen) atoms. The number of hydrogen-bond donors (Lipinski definition) is 3. The molecule has 0 heterocycles. The summed E-state index contributed by atoms with van der Waals surface area (Å²) in [7, 11) is -7.14. The van der Waals surface area contributed by atoms with Gasteiger partial charge in [-0.25, -0.2) is 21.6 Å². The molecule has 0 atom stereocenters. The van der Waals surface area contributed by atoms with E-state index in [0.717, 1.165) is 12.8 Å². The fraction of sp³-hybridized carbons (Fsp3) is 0.350. The van der Waals surface area contributed by atoms with Gasteiger partial charge >= 0.3 is 0 Å². The molecule has 0 bridgehead atoms. The minimum atomic E-state index is -3.67. The fourth-order valence-electron chi connectivity index (χ4n) is 2.86. The van der Waals surface area contributed by atoms with Gasteiger partial charge in [-0.2, -0.15) is 0 Å². The highest BCUT2D eigenvalue weighted by atomic mass is 32.2. The van der Waals surface area contributed by atoms with Crippen molar-refractivity contribution in [2.75, 3.05) is 15.8 Å².